The van der Waals surface area contributed by atoms with Gasteiger partial charge in [-0.05, 0) is 42.3 Å². The zero-order valence-electron chi connectivity index (χ0n) is 16.2. The monoisotopic (exact) mass is 377 g/mol. The molecular weight excluding hydrogens is 354 g/mol. The van der Waals surface area contributed by atoms with E-state index in [2.05, 4.69) is 28.6 Å². The highest BCUT2D eigenvalue weighted by atomic mass is 16.5. The highest BCUT2D eigenvalue weighted by molar-refractivity contribution is 6.03. The Morgan fingerprint density at radius 2 is 1.75 bits per heavy atom. The van der Waals surface area contributed by atoms with E-state index in [1.165, 1.54) is 5.56 Å². The predicted molar refractivity (Wildman–Crippen MR) is 111 cm³/mol. The van der Waals surface area contributed by atoms with Crippen molar-refractivity contribution in [3.63, 3.8) is 0 Å². The average molecular weight is 377 g/mol. The molecule has 0 saturated heterocycles. The normalized spacial score (nSPS) is 10.2. The van der Waals surface area contributed by atoms with Crippen LogP contribution < -0.4 is 20.1 Å². The van der Waals surface area contributed by atoms with Gasteiger partial charge in [0.15, 0.2) is 11.5 Å². The van der Waals surface area contributed by atoms with Crippen LogP contribution in [0.1, 0.15) is 23.0 Å². The first-order valence-corrected chi connectivity index (χ1v) is 8.99. The summed E-state index contributed by atoms with van der Waals surface area (Å²) >= 11 is 0. The largest absolute Gasteiger partial charge is 0.493 e. The van der Waals surface area contributed by atoms with Crippen molar-refractivity contribution < 1.29 is 14.3 Å². The lowest BCUT2D eigenvalue weighted by Crippen LogP contribution is -2.14. The van der Waals surface area contributed by atoms with Crippen molar-refractivity contribution in [3.8, 4) is 11.5 Å². The Balaban J connectivity index is 1.77. The Bertz CT molecular complexity index is 973. The summed E-state index contributed by atoms with van der Waals surface area (Å²) < 4.78 is 10.5. The molecule has 3 rings (SSSR count). The number of anilines is 3. The van der Waals surface area contributed by atoms with Crippen molar-refractivity contribution in [2.24, 2.45) is 0 Å². The number of pyridine rings is 1. The third-order valence-corrected chi connectivity index (χ3v) is 4.31. The number of aromatic nitrogens is 1. The molecule has 0 aliphatic carbocycles. The smallest absolute Gasteiger partial charge is 0.274 e. The van der Waals surface area contributed by atoms with Crippen molar-refractivity contribution in [1.82, 2.24) is 4.98 Å². The van der Waals surface area contributed by atoms with Gasteiger partial charge in [0.1, 0.15) is 5.69 Å². The zero-order valence-corrected chi connectivity index (χ0v) is 16.2. The van der Waals surface area contributed by atoms with Gasteiger partial charge in [-0.15, -0.1) is 0 Å². The minimum atomic E-state index is -0.306. The molecule has 0 unspecified atom stereocenters. The molecule has 0 spiro atoms. The van der Waals surface area contributed by atoms with Crippen LogP contribution >= 0.6 is 0 Å². The van der Waals surface area contributed by atoms with Crippen LogP contribution in [0.2, 0.25) is 0 Å². The highest BCUT2D eigenvalue weighted by Crippen LogP contribution is 2.30. The molecule has 0 aliphatic rings. The molecule has 6 nitrogen and oxygen atoms in total. The summed E-state index contributed by atoms with van der Waals surface area (Å²) in [7, 11) is 3.11. The molecular formula is C22H23N3O3. The molecule has 1 heterocycles. The quantitative estimate of drug-likeness (QED) is 0.627. The van der Waals surface area contributed by atoms with Gasteiger partial charge in [0.05, 0.1) is 14.2 Å². The Morgan fingerprint density at radius 3 is 2.50 bits per heavy atom. The number of nitrogens with zero attached hydrogens (tertiary/aromatic N) is 1. The first-order valence-electron chi connectivity index (χ1n) is 8.99. The molecule has 3 aromatic rings. The number of rotatable bonds is 7. The molecule has 0 radical (unpaired) electrons. The maximum absolute atomic E-state index is 12.6. The van der Waals surface area contributed by atoms with E-state index in [9.17, 15) is 4.79 Å². The van der Waals surface area contributed by atoms with E-state index in [4.69, 9.17) is 9.47 Å². The van der Waals surface area contributed by atoms with E-state index in [0.29, 0.717) is 22.9 Å². The number of amides is 1. The van der Waals surface area contributed by atoms with E-state index in [0.717, 1.165) is 17.8 Å². The second-order valence-corrected chi connectivity index (χ2v) is 6.09. The van der Waals surface area contributed by atoms with Crippen LogP contribution in [0.4, 0.5) is 17.1 Å². The molecule has 0 bridgehead atoms. The molecule has 0 aliphatic heterocycles. The first-order chi connectivity index (χ1) is 13.6. The van der Waals surface area contributed by atoms with Crippen LogP contribution in [0.3, 0.4) is 0 Å². The molecule has 2 N–H and O–H groups in total. The van der Waals surface area contributed by atoms with Crippen LogP contribution in [0.15, 0.2) is 60.8 Å². The lowest BCUT2D eigenvalue weighted by Gasteiger charge is -2.12. The molecule has 144 valence electrons. The topological polar surface area (TPSA) is 72.5 Å². The first kappa shape index (κ1) is 19.2. The average Bonchev–Trinajstić information content (AvgIpc) is 2.74. The third kappa shape index (κ3) is 4.40. The van der Waals surface area contributed by atoms with Crippen LogP contribution in [-0.4, -0.2) is 25.1 Å². The molecule has 0 atom stereocenters. The summed E-state index contributed by atoms with van der Waals surface area (Å²) in [5.41, 5.74) is 3.93. The number of benzene rings is 2. The standard InChI is InChI=1S/C22H23N3O3/c1-4-15-7-5-6-8-18(15)24-17-11-12-23-19(13-17)22(26)25-16-9-10-20(27-2)21(14-16)28-3/h5-14H,4H2,1-3H3,(H,23,24)(H,25,26). The number of hydrogen-bond donors (Lipinski definition) is 2. The highest BCUT2D eigenvalue weighted by Gasteiger charge is 2.11. The van der Waals surface area contributed by atoms with E-state index in [-0.39, 0.29) is 5.91 Å². The van der Waals surface area contributed by atoms with Gasteiger partial charge >= 0.3 is 0 Å². The maximum Gasteiger partial charge on any atom is 0.274 e. The summed E-state index contributed by atoms with van der Waals surface area (Å²) in [6, 6.07) is 16.8. The summed E-state index contributed by atoms with van der Waals surface area (Å²) in [6.07, 6.45) is 2.53. The number of aryl methyl sites for hydroxylation is 1. The Labute approximate surface area is 164 Å². The van der Waals surface area contributed by atoms with Gasteiger partial charge in [0.2, 0.25) is 0 Å². The molecule has 0 fully saturated rings. The van der Waals surface area contributed by atoms with E-state index in [1.54, 1.807) is 44.7 Å². The number of ether oxygens (including phenoxy) is 2. The van der Waals surface area contributed by atoms with Gasteiger partial charge in [-0.25, -0.2) is 0 Å². The lowest BCUT2D eigenvalue weighted by molar-refractivity contribution is 0.102. The Morgan fingerprint density at radius 1 is 0.964 bits per heavy atom. The van der Waals surface area contributed by atoms with Crippen molar-refractivity contribution >= 4 is 23.0 Å². The molecule has 28 heavy (non-hydrogen) atoms. The van der Waals surface area contributed by atoms with Crippen molar-refractivity contribution in [2.75, 3.05) is 24.9 Å². The minimum Gasteiger partial charge on any atom is -0.493 e. The molecule has 1 amide bonds. The fourth-order valence-electron chi connectivity index (χ4n) is 2.85. The fraction of sp³-hybridized carbons (Fsp3) is 0.182. The fourth-order valence-corrected chi connectivity index (χ4v) is 2.85. The van der Waals surface area contributed by atoms with Crippen LogP contribution in [-0.2, 0) is 6.42 Å². The second-order valence-electron chi connectivity index (χ2n) is 6.09. The van der Waals surface area contributed by atoms with Crippen molar-refractivity contribution in [1.29, 1.82) is 0 Å². The van der Waals surface area contributed by atoms with Gasteiger partial charge in [-0.3, -0.25) is 9.78 Å². The van der Waals surface area contributed by atoms with Gasteiger partial charge < -0.3 is 20.1 Å². The molecule has 0 saturated carbocycles. The van der Waals surface area contributed by atoms with Gasteiger partial charge in [0.25, 0.3) is 5.91 Å². The predicted octanol–water partition coefficient (Wildman–Crippen LogP) is 4.66. The second kappa shape index (κ2) is 8.90. The molecule has 1 aromatic heterocycles. The lowest BCUT2D eigenvalue weighted by atomic mass is 10.1. The number of carbonyl (C=O) groups is 1. The minimum absolute atomic E-state index is 0.306. The number of carbonyl (C=O) groups excluding carboxylic acids is 1. The summed E-state index contributed by atoms with van der Waals surface area (Å²) in [4.78, 5) is 16.8. The van der Waals surface area contributed by atoms with Crippen LogP contribution in [0.25, 0.3) is 0 Å². The van der Waals surface area contributed by atoms with Crippen molar-refractivity contribution in [3.05, 3.63) is 72.1 Å². The van der Waals surface area contributed by atoms with Crippen LogP contribution in [0, 0.1) is 0 Å². The number of nitrogens with one attached hydrogen (secondary N) is 2. The summed E-state index contributed by atoms with van der Waals surface area (Å²) in [6.45, 7) is 2.11. The molecule has 6 heteroatoms. The summed E-state index contributed by atoms with van der Waals surface area (Å²) in [5.74, 6) is 0.832. The van der Waals surface area contributed by atoms with Gasteiger partial charge in [-0.1, -0.05) is 25.1 Å². The summed E-state index contributed by atoms with van der Waals surface area (Å²) in [5, 5.41) is 6.19. The molecule has 2 aromatic carbocycles. The van der Waals surface area contributed by atoms with Gasteiger partial charge in [0, 0.05) is 29.3 Å². The van der Waals surface area contributed by atoms with Crippen molar-refractivity contribution in [2.45, 2.75) is 13.3 Å². The van der Waals surface area contributed by atoms with E-state index < -0.39 is 0 Å². The SMILES string of the molecule is CCc1ccccc1Nc1ccnc(C(=O)Nc2ccc(OC)c(OC)c2)c1. The van der Waals surface area contributed by atoms with Gasteiger partial charge in [-0.2, -0.15) is 0 Å². The Hall–Kier alpha value is -3.54. The van der Waals surface area contributed by atoms with E-state index >= 15 is 0 Å². The number of hydrogen-bond acceptors (Lipinski definition) is 5. The maximum atomic E-state index is 12.6. The van der Waals surface area contributed by atoms with Crippen LogP contribution in [0.5, 0.6) is 11.5 Å². The Kier molecular flexibility index (Phi) is 6.11. The zero-order chi connectivity index (χ0) is 19.9. The third-order valence-electron chi connectivity index (χ3n) is 4.31. The number of methoxy groups -OCH3 is 2. The van der Waals surface area contributed by atoms with E-state index in [1.807, 2.05) is 24.3 Å². The number of para-hydroxylation sites is 1.